The highest BCUT2D eigenvalue weighted by atomic mass is 15.3. The van der Waals surface area contributed by atoms with Gasteiger partial charge in [-0.05, 0) is 0 Å². The first-order valence-electron chi connectivity index (χ1n) is 2.84. The van der Waals surface area contributed by atoms with Crippen LogP contribution in [-0.4, -0.2) is 24.6 Å². The van der Waals surface area contributed by atoms with Gasteiger partial charge in [-0.3, -0.25) is 0 Å². The average molecular weight is 98.2 g/mol. The number of quaternary nitrogens is 1. The molecule has 0 N–H and O–H groups in total. The number of hydrogen-bond donors (Lipinski definition) is 0. The summed E-state index contributed by atoms with van der Waals surface area (Å²) in [5, 5.41) is 0. The molecule has 0 aromatic rings. The minimum Gasteiger partial charge on any atom is -0.313 e. The van der Waals surface area contributed by atoms with E-state index in [1.807, 2.05) is 0 Å². The van der Waals surface area contributed by atoms with Gasteiger partial charge in [-0.1, -0.05) is 0 Å². The first kappa shape index (κ1) is 5.10. The Labute approximate surface area is 45.5 Å². The lowest BCUT2D eigenvalue weighted by molar-refractivity contribution is -0.853. The van der Waals surface area contributed by atoms with Gasteiger partial charge in [0.05, 0.1) is 20.1 Å². The molecule has 1 aliphatic heterocycles. The molecule has 0 bridgehead atoms. The van der Waals surface area contributed by atoms with E-state index in [1.54, 1.807) is 0 Å². The van der Waals surface area contributed by atoms with Crippen LogP contribution in [0.25, 0.3) is 0 Å². The molecule has 1 heterocycles. The van der Waals surface area contributed by atoms with Crippen LogP contribution >= 0.6 is 0 Å². The molecule has 1 rings (SSSR count). The van der Waals surface area contributed by atoms with Crippen LogP contribution in [0.15, 0.2) is 0 Å². The Morgan fingerprint density at radius 1 is 1.29 bits per heavy atom. The monoisotopic (exact) mass is 98.1 g/mol. The first-order valence-corrected chi connectivity index (χ1v) is 2.84. The van der Waals surface area contributed by atoms with Gasteiger partial charge in [0, 0.05) is 12.8 Å². The lowest BCUT2D eigenvalue weighted by Crippen LogP contribution is -2.32. The number of likely N-dealkylation sites (tertiary alicyclic amines) is 1. The normalized spacial score (nSPS) is 28.3. The molecular formula is C6H12N+. The van der Waals surface area contributed by atoms with Crippen molar-refractivity contribution in [2.24, 2.45) is 0 Å². The SMILES string of the molecule is [CH][N+]1(C)CCCC1. The van der Waals surface area contributed by atoms with Gasteiger partial charge in [0.1, 0.15) is 0 Å². The molecule has 1 nitrogen and oxygen atoms in total. The minimum absolute atomic E-state index is 0.750. The van der Waals surface area contributed by atoms with Crippen molar-refractivity contribution >= 4 is 0 Å². The maximum absolute atomic E-state index is 5.72. The van der Waals surface area contributed by atoms with Crippen LogP contribution < -0.4 is 0 Å². The van der Waals surface area contributed by atoms with Crippen LogP contribution in [0.5, 0.6) is 0 Å². The van der Waals surface area contributed by atoms with E-state index in [0.717, 1.165) is 4.48 Å². The van der Waals surface area contributed by atoms with E-state index in [4.69, 9.17) is 7.05 Å². The van der Waals surface area contributed by atoms with E-state index >= 15 is 0 Å². The number of nitrogens with zero attached hydrogens (tertiary/aromatic N) is 1. The van der Waals surface area contributed by atoms with Crippen LogP contribution in [0, 0.1) is 7.05 Å². The van der Waals surface area contributed by atoms with E-state index in [2.05, 4.69) is 7.05 Å². The molecule has 0 spiro atoms. The predicted octanol–water partition coefficient (Wildman–Crippen LogP) is 0.895. The highest BCUT2D eigenvalue weighted by Gasteiger charge is 2.21. The molecule has 0 aromatic carbocycles. The van der Waals surface area contributed by atoms with Crippen molar-refractivity contribution in [2.75, 3.05) is 20.1 Å². The average Bonchev–Trinajstić information content (AvgIpc) is 1.84. The Kier molecular flexibility index (Phi) is 1.08. The second-order valence-electron chi connectivity index (χ2n) is 2.63. The summed E-state index contributed by atoms with van der Waals surface area (Å²) in [5.41, 5.74) is 0. The van der Waals surface area contributed by atoms with Crippen molar-refractivity contribution in [3.8, 4) is 0 Å². The quantitative estimate of drug-likeness (QED) is 0.395. The van der Waals surface area contributed by atoms with Crippen LogP contribution in [0.1, 0.15) is 12.8 Å². The molecule has 0 amide bonds. The summed E-state index contributed by atoms with van der Waals surface area (Å²) >= 11 is 0. The maximum atomic E-state index is 5.72. The zero-order valence-corrected chi connectivity index (χ0v) is 4.85. The van der Waals surface area contributed by atoms with E-state index in [-0.39, 0.29) is 0 Å². The van der Waals surface area contributed by atoms with Crippen LogP contribution in [0.2, 0.25) is 0 Å². The van der Waals surface area contributed by atoms with Crippen molar-refractivity contribution in [3.05, 3.63) is 7.05 Å². The molecular weight excluding hydrogens is 86.1 g/mol. The standard InChI is InChI=1S/C6H12N/c1-7(2)5-3-4-6-7/h1H,3-6H2,2H3/q+1. The third-order valence-electron chi connectivity index (χ3n) is 1.59. The summed E-state index contributed by atoms with van der Waals surface area (Å²) in [6.45, 7) is 2.33. The van der Waals surface area contributed by atoms with Gasteiger partial charge >= 0.3 is 0 Å². The summed E-state index contributed by atoms with van der Waals surface area (Å²) in [7, 11) is 7.79. The van der Waals surface area contributed by atoms with Crippen molar-refractivity contribution in [3.63, 3.8) is 0 Å². The van der Waals surface area contributed by atoms with E-state index in [9.17, 15) is 0 Å². The first-order chi connectivity index (χ1) is 3.21. The van der Waals surface area contributed by atoms with Crippen molar-refractivity contribution in [2.45, 2.75) is 12.8 Å². The van der Waals surface area contributed by atoms with Gasteiger partial charge in [0.25, 0.3) is 0 Å². The smallest absolute Gasteiger partial charge is 0.206 e. The summed E-state index contributed by atoms with van der Waals surface area (Å²) in [6, 6.07) is 0. The Bertz CT molecular complexity index is 58.6. The Balaban J connectivity index is 2.40. The zero-order chi connectivity index (χ0) is 5.33. The molecule has 0 aliphatic carbocycles. The lowest BCUT2D eigenvalue weighted by atomic mass is 10.4. The second kappa shape index (κ2) is 1.48. The van der Waals surface area contributed by atoms with Gasteiger partial charge in [-0.15, -0.1) is 0 Å². The van der Waals surface area contributed by atoms with Crippen molar-refractivity contribution < 1.29 is 4.48 Å². The van der Waals surface area contributed by atoms with Crippen molar-refractivity contribution in [1.29, 1.82) is 0 Å². The maximum Gasteiger partial charge on any atom is 0.206 e. The Morgan fingerprint density at radius 2 is 1.71 bits per heavy atom. The molecule has 7 heavy (non-hydrogen) atoms. The summed E-state index contributed by atoms with van der Waals surface area (Å²) in [5.74, 6) is 0. The molecule has 0 unspecified atom stereocenters. The van der Waals surface area contributed by atoms with Crippen LogP contribution in [0.4, 0.5) is 0 Å². The molecule has 0 saturated carbocycles. The topological polar surface area (TPSA) is 0 Å². The third-order valence-corrected chi connectivity index (χ3v) is 1.59. The number of hydrogen-bond acceptors (Lipinski definition) is 0. The molecule has 1 saturated heterocycles. The van der Waals surface area contributed by atoms with Crippen LogP contribution in [-0.2, 0) is 0 Å². The fraction of sp³-hybridized carbons (Fsp3) is 0.833. The fourth-order valence-corrected chi connectivity index (χ4v) is 1.06. The molecule has 1 aliphatic rings. The fourth-order valence-electron chi connectivity index (χ4n) is 1.06. The van der Waals surface area contributed by atoms with Gasteiger partial charge in [-0.2, -0.15) is 0 Å². The Hall–Kier alpha value is -0.0400. The molecule has 0 aromatic heterocycles. The highest BCUT2D eigenvalue weighted by molar-refractivity contribution is 4.48. The molecule has 0 atom stereocenters. The minimum atomic E-state index is 0.750. The van der Waals surface area contributed by atoms with Gasteiger partial charge < -0.3 is 4.48 Å². The summed E-state index contributed by atoms with van der Waals surface area (Å²) < 4.78 is 0.750. The highest BCUT2D eigenvalue weighted by Crippen LogP contribution is 2.12. The van der Waals surface area contributed by atoms with Crippen molar-refractivity contribution in [1.82, 2.24) is 0 Å². The summed E-state index contributed by atoms with van der Waals surface area (Å²) in [6.07, 6.45) is 2.62. The predicted molar refractivity (Wildman–Crippen MR) is 29.5 cm³/mol. The molecule has 1 heteroatoms. The zero-order valence-electron chi connectivity index (χ0n) is 4.85. The molecule has 2 radical (unpaired) electrons. The second-order valence-corrected chi connectivity index (χ2v) is 2.63. The van der Waals surface area contributed by atoms with Crippen LogP contribution in [0.3, 0.4) is 0 Å². The lowest BCUT2D eigenvalue weighted by Gasteiger charge is -2.19. The third kappa shape index (κ3) is 1.16. The Morgan fingerprint density at radius 3 is 1.86 bits per heavy atom. The summed E-state index contributed by atoms with van der Waals surface area (Å²) in [4.78, 5) is 0. The van der Waals surface area contributed by atoms with E-state index in [0.29, 0.717) is 0 Å². The van der Waals surface area contributed by atoms with Gasteiger partial charge in [0.15, 0.2) is 0 Å². The van der Waals surface area contributed by atoms with Gasteiger partial charge in [0.2, 0.25) is 7.05 Å². The molecule has 40 valence electrons. The number of rotatable bonds is 0. The largest absolute Gasteiger partial charge is 0.313 e. The van der Waals surface area contributed by atoms with E-state index in [1.165, 1.54) is 25.9 Å². The van der Waals surface area contributed by atoms with Gasteiger partial charge in [-0.25, -0.2) is 0 Å². The van der Waals surface area contributed by atoms with E-state index < -0.39 is 0 Å². The molecule has 1 fully saturated rings.